The quantitative estimate of drug-likeness (QED) is 0.678. The van der Waals surface area contributed by atoms with Crippen molar-refractivity contribution in [2.45, 2.75) is 43.4 Å². The summed E-state index contributed by atoms with van der Waals surface area (Å²) in [6.07, 6.45) is 2.36. The van der Waals surface area contributed by atoms with Gasteiger partial charge in [-0.15, -0.1) is 23.2 Å². The SMILES string of the molecule is CC1COC(C2CC3C(CC2C)C3(Cl)Cl)O1. The minimum absolute atomic E-state index is 0.0318. The fourth-order valence-electron chi connectivity index (χ4n) is 3.35. The van der Waals surface area contributed by atoms with E-state index in [9.17, 15) is 0 Å². The van der Waals surface area contributed by atoms with Gasteiger partial charge >= 0.3 is 0 Å². The maximum atomic E-state index is 6.26. The molecule has 3 aliphatic rings. The largest absolute Gasteiger partial charge is 0.350 e. The molecule has 6 unspecified atom stereocenters. The molecule has 0 aromatic carbocycles. The number of ether oxygens (including phenoxy) is 2. The highest BCUT2D eigenvalue weighted by Crippen LogP contribution is 2.67. The molecule has 3 rings (SSSR count). The fraction of sp³-hybridized carbons (Fsp3) is 1.00. The third-order valence-corrected chi connectivity index (χ3v) is 5.58. The zero-order valence-electron chi connectivity index (χ0n) is 9.66. The van der Waals surface area contributed by atoms with Gasteiger partial charge in [0, 0.05) is 5.92 Å². The maximum absolute atomic E-state index is 6.26. The van der Waals surface area contributed by atoms with Crippen molar-refractivity contribution in [3.05, 3.63) is 0 Å². The topological polar surface area (TPSA) is 18.5 Å². The van der Waals surface area contributed by atoms with Gasteiger partial charge in [0.1, 0.15) is 4.33 Å². The van der Waals surface area contributed by atoms with E-state index < -0.39 is 4.33 Å². The molecule has 1 aliphatic heterocycles. The van der Waals surface area contributed by atoms with E-state index in [1.165, 1.54) is 0 Å². The number of rotatable bonds is 1. The van der Waals surface area contributed by atoms with Crippen LogP contribution in [0.4, 0.5) is 0 Å². The van der Waals surface area contributed by atoms with E-state index in [2.05, 4.69) is 13.8 Å². The van der Waals surface area contributed by atoms with E-state index >= 15 is 0 Å². The molecule has 0 bridgehead atoms. The summed E-state index contributed by atoms with van der Waals surface area (Å²) in [4.78, 5) is 0. The smallest absolute Gasteiger partial charge is 0.161 e. The van der Waals surface area contributed by atoms with Crippen molar-refractivity contribution in [1.29, 1.82) is 0 Å². The van der Waals surface area contributed by atoms with Crippen LogP contribution in [0.2, 0.25) is 0 Å². The van der Waals surface area contributed by atoms with Crippen LogP contribution in [0.1, 0.15) is 26.7 Å². The van der Waals surface area contributed by atoms with E-state index in [1.807, 2.05) is 0 Å². The van der Waals surface area contributed by atoms with Crippen LogP contribution < -0.4 is 0 Å². The minimum atomic E-state index is -0.465. The summed E-state index contributed by atoms with van der Waals surface area (Å²) >= 11 is 12.5. The van der Waals surface area contributed by atoms with Crippen LogP contribution in [-0.4, -0.2) is 23.3 Å². The number of hydrogen-bond donors (Lipinski definition) is 0. The summed E-state index contributed by atoms with van der Waals surface area (Å²) in [5.74, 6) is 2.02. The van der Waals surface area contributed by atoms with Crippen molar-refractivity contribution in [3.63, 3.8) is 0 Å². The van der Waals surface area contributed by atoms with Crippen LogP contribution >= 0.6 is 23.2 Å². The van der Waals surface area contributed by atoms with Gasteiger partial charge < -0.3 is 9.47 Å². The molecular weight excluding hydrogens is 247 g/mol. The molecule has 1 heterocycles. The van der Waals surface area contributed by atoms with Gasteiger partial charge in [-0.1, -0.05) is 6.92 Å². The van der Waals surface area contributed by atoms with Crippen molar-refractivity contribution < 1.29 is 9.47 Å². The van der Waals surface area contributed by atoms with E-state index in [4.69, 9.17) is 32.7 Å². The molecule has 0 spiro atoms. The Balaban J connectivity index is 1.68. The Bertz CT molecular complexity index is 295. The Labute approximate surface area is 107 Å². The number of hydrogen-bond acceptors (Lipinski definition) is 2. The molecule has 16 heavy (non-hydrogen) atoms. The second-order valence-electron chi connectivity index (χ2n) is 5.65. The number of halogens is 2. The molecule has 2 aliphatic carbocycles. The molecule has 0 aromatic heterocycles. The summed E-state index contributed by atoms with van der Waals surface area (Å²) < 4.78 is 11.0. The predicted molar refractivity (Wildman–Crippen MR) is 63.6 cm³/mol. The van der Waals surface area contributed by atoms with Crippen LogP contribution in [0.3, 0.4) is 0 Å². The van der Waals surface area contributed by atoms with Crippen LogP contribution in [0.15, 0.2) is 0 Å². The molecule has 0 N–H and O–H groups in total. The van der Waals surface area contributed by atoms with Gasteiger partial charge in [-0.2, -0.15) is 0 Å². The number of alkyl halides is 2. The summed E-state index contributed by atoms with van der Waals surface area (Å²) in [5.41, 5.74) is 0. The van der Waals surface area contributed by atoms with Crippen molar-refractivity contribution in [3.8, 4) is 0 Å². The first kappa shape index (κ1) is 11.6. The van der Waals surface area contributed by atoms with Crippen LogP contribution in [0, 0.1) is 23.7 Å². The zero-order valence-corrected chi connectivity index (χ0v) is 11.2. The van der Waals surface area contributed by atoms with Gasteiger partial charge in [0.05, 0.1) is 12.7 Å². The molecule has 2 saturated carbocycles. The second-order valence-corrected chi connectivity index (χ2v) is 7.09. The highest BCUT2D eigenvalue weighted by atomic mass is 35.5. The lowest BCUT2D eigenvalue weighted by Crippen LogP contribution is -2.31. The molecular formula is C12H18Cl2O2. The van der Waals surface area contributed by atoms with E-state index in [0.29, 0.717) is 23.7 Å². The molecule has 2 nitrogen and oxygen atoms in total. The fourth-order valence-corrected chi connectivity index (χ4v) is 4.18. The lowest BCUT2D eigenvalue weighted by Gasteiger charge is -2.31. The Morgan fingerprint density at radius 3 is 2.44 bits per heavy atom. The van der Waals surface area contributed by atoms with E-state index in [0.717, 1.165) is 19.4 Å². The minimum Gasteiger partial charge on any atom is -0.350 e. The van der Waals surface area contributed by atoms with Crippen molar-refractivity contribution >= 4 is 23.2 Å². The molecule has 6 atom stereocenters. The van der Waals surface area contributed by atoms with Crippen molar-refractivity contribution in [2.75, 3.05) is 6.61 Å². The first-order valence-electron chi connectivity index (χ1n) is 6.15. The second kappa shape index (κ2) is 3.74. The predicted octanol–water partition coefficient (Wildman–Crippen LogP) is 3.21. The number of fused-ring (bicyclic) bond motifs is 1. The van der Waals surface area contributed by atoms with Gasteiger partial charge in [-0.05, 0) is 37.5 Å². The monoisotopic (exact) mass is 264 g/mol. The maximum Gasteiger partial charge on any atom is 0.161 e. The van der Waals surface area contributed by atoms with E-state index in [1.54, 1.807) is 0 Å². The lowest BCUT2D eigenvalue weighted by atomic mass is 9.80. The van der Waals surface area contributed by atoms with Gasteiger partial charge in [0.25, 0.3) is 0 Å². The zero-order chi connectivity index (χ0) is 11.5. The summed E-state index contributed by atoms with van der Waals surface area (Å²) in [6.45, 7) is 5.04. The first-order chi connectivity index (χ1) is 7.50. The van der Waals surface area contributed by atoms with Crippen LogP contribution in [0.25, 0.3) is 0 Å². The van der Waals surface area contributed by atoms with Gasteiger partial charge in [-0.3, -0.25) is 0 Å². The Morgan fingerprint density at radius 1 is 1.12 bits per heavy atom. The molecule has 0 aromatic rings. The highest BCUT2D eigenvalue weighted by molar-refractivity contribution is 6.51. The first-order valence-corrected chi connectivity index (χ1v) is 6.90. The third-order valence-electron chi connectivity index (χ3n) is 4.46. The van der Waals surface area contributed by atoms with Gasteiger partial charge in [-0.25, -0.2) is 0 Å². The van der Waals surface area contributed by atoms with Gasteiger partial charge in [0.2, 0.25) is 0 Å². The molecule has 1 saturated heterocycles. The van der Waals surface area contributed by atoms with Crippen LogP contribution in [-0.2, 0) is 9.47 Å². The molecule has 0 radical (unpaired) electrons. The average Bonchev–Trinajstić information content (AvgIpc) is 2.61. The summed E-state index contributed by atoms with van der Waals surface area (Å²) in [7, 11) is 0. The standard InChI is InChI=1S/C12H18Cl2O2/c1-6-3-9-10(12(9,13)14)4-8(6)11-15-5-7(2)16-11/h6-11H,3-5H2,1-2H3. The van der Waals surface area contributed by atoms with Crippen molar-refractivity contribution in [1.82, 2.24) is 0 Å². The Hall–Kier alpha value is 0.500. The summed E-state index contributed by atoms with van der Waals surface area (Å²) in [6, 6.07) is 0. The Morgan fingerprint density at radius 2 is 1.81 bits per heavy atom. The Kier molecular flexibility index (Phi) is 2.71. The average molecular weight is 265 g/mol. The normalized spacial score (nSPS) is 54.8. The molecule has 3 fully saturated rings. The summed E-state index contributed by atoms with van der Waals surface area (Å²) in [5, 5.41) is 0. The third kappa shape index (κ3) is 1.69. The molecule has 4 heteroatoms. The van der Waals surface area contributed by atoms with E-state index in [-0.39, 0.29) is 12.4 Å². The lowest BCUT2D eigenvalue weighted by molar-refractivity contribution is -0.117. The molecule has 0 amide bonds. The molecule has 92 valence electrons. The van der Waals surface area contributed by atoms with Gasteiger partial charge in [0.15, 0.2) is 6.29 Å². The van der Waals surface area contributed by atoms with Crippen molar-refractivity contribution in [2.24, 2.45) is 23.7 Å². The highest BCUT2D eigenvalue weighted by Gasteiger charge is 2.66. The van der Waals surface area contributed by atoms with Crippen LogP contribution in [0.5, 0.6) is 0 Å².